The van der Waals surface area contributed by atoms with Gasteiger partial charge < -0.3 is 14.5 Å². The number of carbonyl (C=O) groups is 1. The van der Waals surface area contributed by atoms with Crippen LogP contribution in [0.2, 0.25) is 0 Å². The Labute approximate surface area is 123 Å². The zero-order chi connectivity index (χ0) is 14.8. The quantitative estimate of drug-likeness (QED) is 0.942. The van der Waals surface area contributed by atoms with Gasteiger partial charge in [0.2, 0.25) is 11.8 Å². The van der Waals surface area contributed by atoms with Crippen LogP contribution < -0.4 is 5.32 Å². The summed E-state index contributed by atoms with van der Waals surface area (Å²) in [5, 5.41) is 2.91. The number of nitrogens with zero attached hydrogens (tertiary/aromatic N) is 1. The molecule has 1 aromatic heterocycles. The average Bonchev–Trinajstić information content (AvgIpc) is 3.11. The summed E-state index contributed by atoms with van der Waals surface area (Å²) >= 11 is 0. The Balaban J connectivity index is 1.70. The average molecular weight is 286 g/mol. The Hall–Kier alpha value is -2.14. The molecule has 0 radical (unpaired) electrons. The molecule has 1 atom stereocenters. The number of amides is 1. The van der Waals surface area contributed by atoms with Gasteiger partial charge >= 0.3 is 0 Å². The van der Waals surface area contributed by atoms with Crippen molar-refractivity contribution in [3.63, 3.8) is 0 Å². The van der Waals surface area contributed by atoms with E-state index in [4.69, 9.17) is 9.15 Å². The smallest absolute Gasteiger partial charge is 0.229 e. The Morgan fingerprint density at radius 2 is 2.05 bits per heavy atom. The fourth-order valence-electron chi connectivity index (χ4n) is 2.28. The molecule has 1 N–H and O–H groups in total. The number of rotatable bonds is 3. The van der Waals surface area contributed by atoms with Gasteiger partial charge in [0.05, 0.1) is 18.2 Å². The minimum atomic E-state index is -0.0401. The number of aryl methyl sites for hydroxylation is 2. The number of oxazole rings is 1. The van der Waals surface area contributed by atoms with E-state index in [0.29, 0.717) is 19.1 Å². The molecule has 5 heteroatoms. The highest BCUT2D eigenvalue weighted by molar-refractivity contribution is 5.92. The molecule has 0 aliphatic carbocycles. The summed E-state index contributed by atoms with van der Waals surface area (Å²) in [5.41, 5.74) is 2.56. The van der Waals surface area contributed by atoms with Crippen LogP contribution in [0.15, 0.2) is 28.7 Å². The van der Waals surface area contributed by atoms with Gasteiger partial charge in [0.15, 0.2) is 0 Å². The molecule has 1 saturated heterocycles. The van der Waals surface area contributed by atoms with Crippen molar-refractivity contribution in [3.05, 3.63) is 35.7 Å². The monoisotopic (exact) mass is 286 g/mol. The summed E-state index contributed by atoms with van der Waals surface area (Å²) in [5.74, 6) is 1.40. The molecular formula is C16H18N2O3. The number of aromatic nitrogens is 1. The lowest BCUT2D eigenvalue weighted by atomic mass is 10.1. The second-order valence-corrected chi connectivity index (χ2v) is 5.29. The third kappa shape index (κ3) is 2.97. The van der Waals surface area contributed by atoms with Crippen molar-refractivity contribution in [1.29, 1.82) is 0 Å². The number of hydrogen-bond donors (Lipinski definition) is 1. The van der Waals surface area contributed by atoms with Gasteiger partial charge in [-0.3, -0.25) is 4.79 Å². The molecule has 5 nitrogen and oxygen atoms in total. The number of anilines is 1. The Bertz CT molecular complexity index is 621. The SMILES string of the molecule is Cc1nc(-c2ccc(NC(=O)C3CCOC3)cc2)oc1C. The van der Waals surface area contributed by atoms with E-state index in [0.717, 1.165) is 29.1 Å². The van der Waals surface area contributed by atoms with Crippen molar-refractivity contribution >= 4 is 11.6 Å². The Morgan fingerprint density at radius 1 is 1.29 bits per heavy atom. The van der Waals surface area contributed by atoms with Gasteiger partial charge in [-0.05, 0) is 44.5 Å². The van der Waals surface area contributed by atoms with Crippen molar-refractivity contribution in [2.75, 3.05) is 18.5 Å². The van der Waals surface area contributed by atoms with Crippen LogP contribution in [-0.4, -0.2) is 24.1 Å². The minimum absolute atomic E-state index is 0.0167. The Kier molecular flexibility index (Phi) is 3.75. The molecule has 21 heavy (non-hydrogen) atoms. The van der Waals surface area contributed by atoms with Crippen LogP contribution >= 0.6 is 0 Å². The summed E-state index contributed by atoms with van der Waals surface area (Å²) in [6, 6.07) is 7.51. The third-order valence-electron chi connectivity index (χ3n) is 3.73. The zero-order valence-electron chi connectivity index (χ0n) is 12.2. The normalized spacial score (nSPS) is 17.9. The maximum absolute atomic E-state index is 12.0. The zero-order valence-corrected chi connectivity index (χ0v) is 12.2. The van der Waals surface area contributed by atoms with E-state index in [1.54, 1.807) is 0 Å². The summed E-state index contributed by atoms with van der Waals surface area (Å²) in [4.78, 5) is 16.4. The van der Waals surface area contributed by atoms with E-state index >= 15 is 0 Å². The van der Waals surface area contributed by atoms with Gasteiger partial charge in [-0.1, -0.05) is 0 Å². The highest BCUT2D eigenvalue weighted by atomic mass is 16.5. The van der Waals surface area contributed by atoms with Crippen LogP contribution in [0.4, 0.5) is 5.69 Å². The first-order valence-corrected chi connectivity index (χ1v) is 7.06. The van der Waals surface area contributed by atoms with Crippen molar-refractivity contribution in [2.45, 2.75) is 20.3 Å². The molecule has 1 aliphatic heterocycles. The van der Waals surface area contributed by atoms with Crippen LogP contribution in [0, 0.1) is 19.8 Å². The van der Waals surface area contributed by atoms with Crippen molar-refractivity contribution < 1.29 is 13.9 Å². The highest BCUT2D eigenvalue weighted by Gasteiger charge is 2.23. The molecule has 0 saturated carbocycles. The summed E-state index contributed by atoms with van der Waals surface area (Å²) in [7, 11) is 0. The van der Waals surface area contributed by atoms with Crippen LogP contribution in [-0.2, 0) is 9.53 Å². The van der Waals surface area contributed by atoms with E-state index < -0.39 is 0 Å². The van der Waals surface area contributed by atoms with E-state index in [9.17, 15) is 4.79 Å². The summed E-state index contributed by atoms with van der Waals surface area (Å²) < 4.78 is 10.8. The number of benzene rings is 1. The molecule has 1 aliphatic rings. The maximum Gasteiger partial charge on any atom is 0.229 e. The van der Waals surface area contributed by atoms with Gasteiger partial charge in [-0.15, -0.1) is 0 Å². The van der Waals surface area contributed by atoms with Gasteiger partial charge in [0.1, 0.15) is 5.76 Å². The van der Waals surface area contributed by atoms with Crippen molar-refractivity contribution in [2.24, 2.45) is 5.92 Å². The Morgan fingerprint density at radius 3 is 2.62 bits per heavy atom. The van der Waals surface area contributed by atoms with Gasteiger partial charge in [0, 0.05) is 17.9 Å². The summed E-state index contributed by atoms with van der Waals surface area (Å²) in [6.45, 7) is 4.99. The molecule has 2 heterocycles. The van der Waals surface area contributed by atoms with Crippen LogP contribution in [0.3, 0.4) is 0 Å². The van der Waals surface area contributed by atoms with E-state index in [-0.39, 0.29) is 11.8 Å². The molecule has 1 amide bonds. The fourth-order valence-corrected chi connectivity index (χ4v) is 2.28. The van der Waals surface area contributed by atoms with Crippen LogP contribution in [0.5, 0.6) is 0 Å². The largest absolute Gasteiger partial charge is 0.441 e. The molecule has 1 unspecified atom stereocenters. The van der Waals surface area contributed by atoms with E-state index in [1.165, 1.54) is 0 Å². The van der Waals surface area contributed by atoms with Gasteiger partial charge in [0.25, 0.3) is 0 Å². The predicted molar refractivity (Wildman–Crippen MR) is 79.0 cm³/mol. The van der Waals surface area contributed by atoms with E-state index in [2.05, 4.69) is 10.3 Å². The molecule has 1 aromatic carbocycles. The fraction of sp³-hybridized carbons (Fsp3) is 0.375. The predicted octanol–water partition coefficient (Wildman–Crippen LogP) is 2.93. The highest BCUT2D eigenvalue weighted by Crippen LogP contribution is 2.23. The first-order valence-electron chi connectivity index (χ1n) is 7.06. The first-order chi connectivity index (χ1) is 10.1. The molecular weight excluding hydrogens is 268 g/mol. The molecule has 0 bridgehead atoms. The topological polar surface area (TPSA) is 64.4 Å². The standard InChI is InChI=1S/C16H18N2O3/c1-10-11(2)21-16(17-10)12-3-5-14(6-4-12)18-15(19)13-7-8-20-9-13/h3-6,13H,7-9H2,1-2H3,(H,18,19). The number of hydrogen-bond acceptors (Lipinski definition) is 4. The lowest BCUT2D eigenvalue weighted by Crippen LogP contribution is -2.22. The molecule has 110 valence electrons. The second kappa shape index (κ2) is 5.69. The number of nitrogens with one attached hydrogen (secondary N) is 1. The molecule has 3 rings (SSSR count). The van der Waals surface area contributed by atoms with Crippen LogP contribution in [0.25, 0.3) is 11.5 Å². The lowest BCUT2D eigenvalue weighted by molar-refractivity contribution is -0.119. The van der Waals surface area contributed by atoms with Gasteiger partial charge in [-0.2, -0.15) is 0 Å². The molecule has 1 fully saturated rings. The molecule has 2 aromatic rings. The lowest BCUT2D eigenvalue weighted by Gasteiger charge is -2.09. The van der Waals surface area contributed by atoms with Crippen molar-refractivity contribution in [1.82, 2.24) is 4.98 Å². The maximum atomic E-state index is 12.0. The van der Waals surface area contributed by atoms with Gasteiger partial charge in [-0.25, -0.2) is 4.98 Å². The van der Waals surface area contributed by atoms with Crippen molar-refractivity contribution in [3.8, 4) is 11.5 Å². The third-order valence-corrected chi connectivity index (χ3v) is 3.73. The van der Waals surface area contributed by atoms with Crippen LogP contribution in [0.1, 0.15) is 17.9 Å². The first kappa shape index (κ1) is 13.8. The minimum Gasteiger partial charge on any atom is -0.441 e. The van der Waals surface area contributed by atoms with E-state index in [1.807, 2.05) is 38.1 Å². The summed E-state index contributed by atoms with van der Waals surface area (Å²) in [6.07, 6.45) is 0.790. The number of carbonyl (C=O) groups excluding carboxylic acids is 1. The second-order valence-electron chi connectivity index (χ2n) is 5.29. The number of ether oxygens (including phenoxy) is 1. The molecule has 0 spiro atoms.